The standard InChI is InChI=1S/C17H12F2O2/c18-14-5-1-12(2-6-14)16-9-10-17(11-16,21-20-16)13-3-7-15(19)8-4-13/h1-10H,11H2. The Bertz CT molecular complexity index is 647. The van der Waals surface area contributed by atoms with Gasteiger partial charge in [-0.1, -0.05) is 24.3 Å². The second-order valence-corrected chi connectivity index (χ2v) is 5.47. The molecule has 0 amide bonds. The van der Waals surface area contributed by atoms with Gasteiger partial charge in [0.2, 0.25) is 0 Å². The van der Waals surface area contributed by atoms with E-state index in [1.54, 1.807) is 24.3 Å². The Labute approximate surface area is 120 Å². The van der Waals surface area contributed by atoms with Crippen LogP contribution in [0.5, 0.6) is 0 Å². The van der Waals surface area contributed by atoms with E-state index in [4.69, 9.17) is 9.78 Å². The lowest BCUT2D eigenvalue weighted by atomic mass is 9.86. The van der Waals surface area contributed by atoms with E-state index in [2.05, 4.69) is 0 Å². The molecule has 1 saturated heterocycles. The number of halogens is 2. The van der Waals surface area contributed by atoms with Gasteiger partial charge in [0.05, 0.1) is 0 Å². The summed E-state index contributed by atoms with van der Waals surface area (Å²) < 4.78 is 26.1. The number of hydrogen-bond donors (Lipinski definition) is 0. The maximum atomic E-state index is 13.1. The molecule has 2 bridgehead atoms. The number of fused-ring (bicyclic) bond motifs is 2. The van der Waals surface area contributed by atoms with Gasteiger partial charge in [-0.15, -0.1) is 0 Å². The van der Waals surface area contributed by atoms with E-state index in [0.717, 1.165) is 11.1 Å². The summed E-state index contributed by atoms with van der Waals surface area (Å²) in [5.74, 6) is -0.582. The summed E-state index contributed by atoms with van der Waals surface area (Å²) in [5.41, 5.74) is 0.257. The molecule has 2 aromatic carbocycles. The van der Waals surface area contributed by atoms with E-state index in [1.807, 2.05) is 12.2 Å². The molecule has 4 rings (SSSR count). The van der Waals surface area contributed by atoms with Crippen molar-refractivity contribution >= 4 is 0 Å². The summed E-state index contributed by atoms with van der Waals surface area (Å²) in [6.07, 6.45) is 4.40. The second kappa shape index (κ2) is 4.23. The minimum Gasteiger partial charge on any atom is -0.220 e. The lowest BCUT2D eigenvalue weighted by Crippen LogP contribution is -2.20. The Balaban J connectivity index is 1.71. The van der Waals surface area contributed by atoms with Gasteiger partial charge < -0.3 is 0 Å². The van der Waals surface area contributed by atoms with Gasteiger partial charge in [0.1, 0.15) is 11.6 Å². The molecule has 0 radical (unpaired) electrons. The number of hydrogen-bond acceptors (Lipinski definition) is 2. The third-order valence-electron chi connectivity index (χ3n) is 4.15. The summed E-state index contributed by atoms with van der Waals surface area (Å²) >= 11 is 0. The zero-order chi connectivity index (χ0) is 14.5. The van der Waals surface area contributed by atoms with Crippen LogP contribution in [-0.4, -0.2) is 0 Å². The van der Waals surface area contributed by atoms with Crippen LogP contribution in [0.4, 0.5) is 8.78 Å². The quantitative estimate of drug-likeness (QED) is 0.614. The largest absolute Gasteiger partial charge is 0.220 e. The Morgan fingerprint density at radius 2 is 1.05 bits per heavy atom. The molecule has 0 aromatic heterocycles. The van der Waals surface area contributed by atoms with Crippen molar-refractivity contribution in [2.24, 2.45) is 0 Å². The Kier molecular flexibility index (Phi) is 2.55. The third-order valence-corrected chi connectivity index (χ3v) is 4.15. The van der Waals surface area contributed by atoms with Crippen LogP contribution in [0.3, 0.4) is 0 Å². The van der Waals surface area contributed by atoms with Gasteiger partial charge >= 0.3 is 0 Å². The van der Waals surface area contributed by atoms with E-state index in [1.165, 1.54) is 24.3 Å². The van der Waals surface area contributed by atoms with E-state index < -0.39 is 11.2 Å². The molecule has 106 valence electrons. The average Bonchev–Trinajstić information content (AvgIpc) is 3.07. The van der Waals surface area contributed by atoms with E-state index in [0.29, 0.717) is 6.42 Å². The molecule has 2 atom stereocenters. The van der Waals surface area contributed by atoms with E-state index in [-0.39, 0.29) is 11.6 Å². The number of benzene rings is 2. The van der Waals surface area contributed by atoms with Crippen LogP contribution in [-0.2, 0) is 21.0 Å². The monoisotopic (exact) mass is 286 g/mol. The van der Waals surface area contributed by atoms with Gasteiger partial charge in [0, 0.05) is 6.42 Å². The zero-order valence-corrected chi connectivity index (χ0v) is 11.1. The highest BCUT2D eigenvalue weighted by Gasteiger charge is 2.56. The average molecular weight is 286 g/mol. The smallest absolute Gasteiger partial charge is 0.150 e. The molecule has 2 aliphatic rings. The summed E-state index contributed by atoms with van der Waals surface area (Å²) in [5, 5.41) is 0. The van der Waals surface area contributed by atoms with Crippen molar-refractivity contribution in [3.05, 3.63) is 83.4 Å². The third kappa shape index (κ3) is 1.83. The minimum absolute atomic E-state index is 0.291. The molecule has 2 aromatic rings. The van der Waals surface area contributed by atoms with Gasteiger partial charge in [-0.25, -0.2) is 18.6 Å². The molecule has 21 heavy (non-hydrogen) atoms. The van der Waals surface area contributed by atoms with Crippen LogP contribution < -0.4 is 0 Å². The molecule has 2 unspecified atom stereocenters. The van der Waals surface area contributed by atoms with Gasteiger partial charge in [-0.2, -0.15) is 0 Å². The predicted octanol–water partition coefficient (Wildman–Crippen LogP) is 3.98. The Hall–Kier alpha value is -2.04. The summed E-state index contributed by atoms with van der Waals surface area (Å²) in [6.45, 7) is 0. The summed E-state index contributed by atoms with van der Waals surface area (Å²) in [7, 11) is 0. The van der Waals surface area contributed by atoms with Gasteiger partial charge in [0.25, 0.3) is 0 Å². The molecule has 0 N–H and O–H groups in total. The Morgan fingerprint density at radius 3 is 1.38 bits per heavy atom. The Morgan fingerprint density at radius 1 is 0.667 bits per heavy atom. The van der Waals surface area contributed by atoms with Crippen LogP contribution >= 0.6 is 0 Å². The van der Waals surface area contributed by atoms with E-state index >= 15 is 0 Å². The highest BCUT2D eigenvalue weighted by atomic mass is 19.1. The maximum Gasteiger partial charge on any atom is 0.150 e. The molecule has 1 aliphatic heterocycles. The summed E-state index contributed by atoms with van der Waals surface area (Å²) in [6, 6.07) is 12.4. The van der Waals surface area contributed by atoms with Crippen LogP contribution in [0.25, 0.3) is 0 Å². The van der Waals surface area contributed by atoms with Crippen molar-refractivity contribution in [3.8, 4) is 0 Å². The molecule has 0 spiro atoms. The lowest BCUT2D eigenvalue weighted by molar-refractivity contribution is -0.346. The molecule has 1 aliphatic carbocycles. The predicted molar refractivity (Wildman–Crippen MR) is 72.1 cm³/mol. The topological polar surface area (TPSA) is 18.5 Å². The molecular formula is C17H12F2O2. The van der Waals surface area contributed by atoms with Crippen molar-refractivity contribution in [1.82, 2.24) is 0 Å². The van der Waals surface area contributed by atoms with Crippen molar-refractivity contribution in [3.63, 3.8) is 0 Å². The second-order valence-electron chi connectivity index (χ2n) is 5.47. The zero-order valence-electron chi connectivity index (χ0n) is 11.1. The van der Waals surface area contributed by atoms with Gasteiger partial charge in [-0.05, 0) is 47.5 Å². The first-order chi connectivity index (χ1) is 10.1. The number of rotatable bonds is 2. The maximum absolute atomic E-state index is 13.1. The highest BCUT2D eigenvalue weighted by Crippen LogP contribution is 2.55. The van der Waals surface area contributed by atoms with Crippen molar-refractivity contribution in [2.75, 3.05) is 0 Å². The molecule has 2 nitrogen and oxygen atoms in total. The van der Waals surface area contributed by atoms with Crippen LogP contribution in [0.1, 0.15) is 17.5 Å². The molecule has 1 heterocycles. The fraction of sp³-hybridized carbons (Fsp3) is 0.176. The van der Waals surface area contributed by atoms with Crippen molar-refractivity contribution in [1.29, 1.82) is 0 Å². The van der Waals surface area contributed by atoms with Crippen LogP contribution in [0, 0.1) is 11.6 Å². The van der Waals surface area contributed by atoms with Crippen LogP contribution in [0.15, 0.2) is 60.7 Å². The minimum atomic E-state index is -0.706. The van der Waals surface area contributed by atoms with Crippen LogP contribution in [0.2, 0.25) is 0 Å². The fourth-order valence-corrected chi connectivity index (χ4v) is 3.00. The first-order valence-electron chi connectivity index (χ1n) is 6.71. The molecule has 0 saturated carbocycles. The lowest BCUT2D eigenvalue weighted by Gasteiger charge is -2.22. The van der Waals surface area contributed by atoms with Crippen molar-refractivity contribution in [2.45, 2.75) is 17.6 Å². The summed E-state index contributed by atoms with van der Waals surface area (Å²) in [4.78, 5) is 11.1. The van der Waals surface area contributed by atoms with Gasteiger partial charge in [-0.3, -0.25) is 0 Å². The highest BCUT2D eigenvalue weighted by molar-refractivity contribution is 5.41. The SMILES string of the molecule is Fc1ccc(C23C=CC(c4ccc(F)cc4)(C2)OO3)cc1. The van der Waals surface area contributed by atoms with E-state index in [9.17, 15) is 8.78 Å². The molecule has 4 heteroatoms. The molecule has 1 fully saturated rings. The van der Waals surface area contributed by atoms with Crippen molar-refractivity contribution < 1.29 is 18.6 Å². The first-order valence-corrected chi connectivity index (χ1v) is 6.71. The normalized spacial score (nSPS) is 30.0. The van der Waals surface area contributed by atoms with Gasteiger partial charge in [0.15, 0.2) is 11.2 Å². The molecular weight excluding hydrogens is 274 g/mol. The fourth-order valence-electron chi connectivity index (χ4n) is 3.00. The first kappa shape index (κ1) is 12.7.